The van der Waals surface area contributed by atoms with Gasteiger partial charge in [-0.2, -0.15) is 0 Å². The van der Waals surface area contributed by atoms with Crippen LogP contribution in [-0.2, 0) is 4.79 Å². The summed E-state index contributed by atoms with van der Waals surface area (Å²) in [6.45, 7) is 1.94. The van der Waals surface area contributed by atoms with E-state index in [2.05, 4.69) is 16.0 Å². The number of nitrogens with two attached hydrogens (primary N) is 1. The van der Waals surface area contributed by atoms with Gasteiger partial charge in [-0.25, -0.2) is 4.79 Å². The molecule has 0 heterocycles. The van der Waals surface area contributed by atoms with Gasteiger partial charge in [0.2, 0.25) is 5.91 Å². The Kier molecular flexibility index (Phi) is 6.31. The summed E-state index contributed by atoms with van der Waals surface area (Å²) in [5.41, 5.74) is 7.93. The fourth-order valence-corrected chi connectivity index (χ4v) is 3.50. The second-order valence-electron chi connectivity index (χ2n) is 7.48. The number of carbonyl (C=O) groups is 2. The van der Waals surface area contributed by atoms with Crippen LogP contribution in [0.25, 0.3) is 0 Å². The molecule has 6 nitrogen and oxygen atoms in total. The van der Waals surface area contributed by atoms with Crippen molar-refractivity contribution in [2.45, 2.75) is 50.6 Å². The summed E-state index contributed by atoms with van der Waals surface area (Å²) in [4.78, 5) is 24.7. The summed E-state index contributed by atoms with van der Waals surface area (Å²) in [6, 6.07) is 16.2. The molecule has 1 aliphatic carbocycles. The molecule has 6 heteroatoms. The number of carbonyl (C=O) groups excluding carboxylic acids is 2. The highest BCUT2D eigenvalue weighted by molar-refractivity contribution is 5.99. The van der Waals surface area contributed by atoms with Gasteiger partial charge in [0, 0.05) is 11.4 Å². The van der Waals surface area contributed by atoms with Crippen molar-refractivity contribution in [3.05, 3.63) is 60.2 Å². The number of hydrogen-bond donors (Lipinski definition) is 4. The number of benzene rings is 2. The zero-order valence-electron chi connectivity index (χ0n) is 16.2. The molecule has 5 N–H and O–H groups in total. The van der Waals surface area contributed by atoms with Gasteiger partial charge in [0.05, 0.1) is 11.6 Å². The number of hydrogen-bond acceptors (Lipinski definition) is 3. The van der Waals surface area contributed by atoms with Crippen molar-refractivity contribution in [2.24, 2.45) is 5.73 Å². The summed E-state index contributed by atoms with van der Waals surface area (Å²) in [5.74, 6) is -0.0795. The van der Waals surface area contributed by atoms with E-state index in [0.717, 1.165) is 43.4 Å². The van der Waals surface area contributed by atoms with Gasteiger partial charge in [0.1, 0.15) is 0 Å². The highest BCUT2D eigenvalue weighted by atomic mass is 16.2. The molecular formula is C22H28N4O2. The fourth-order valence-electron chi connectivity index (χ4n) is 3.50. The van der Waals surface area contributed by atoms with Crippen LogP contribution in [0.15, 0.2) is 54.6 Å². The average molecular weight is 380 g/mol. The molecule has 2 aromatic carbocycles. The van der Waals surface area contributed by atoms with E-state index in [-0.39, 0.29) is 18.0 Å². The van der Waals surface area contributed by atoms with Crippen LogP contribution in [0.4, 0.5) is 16.2 Å². The number of anilines is 2. The lowest BCUT2D eigenvalue weighted by molar-refractivity contribution is -0.128. The third-order valence-corrected chi connectivity index (χ3v) is 5.25. The molecule has 0 aliphatic heterocycles. The summed E-state index contributed by atoms with van der Waals surface area (Å²) in [7, 11) is 0. The van der Waals surface area contributed by atoms with Gasteiger partial charge in [-0.3, -0.25) is 4.79 Å². The van der Waals surface area contributed by atoms with Gasteiger partial charge in [-0.15, -0.1) is 0 Å². The molecular weight excluding hydrogens is 352 g/mol. The van der Waals surface area contributed by atoms with E-state index in [4.69, 9.17) is 5.73 Å². The molecule has 0 spiro atoms. The fraction of sp³-hybridized carbons (Fsp3) is 0.364. The smallest absolute Gasteiger partial charge is 0.323 e. The molecule has 1 saturated carbocycles. The summed E-state index contributed by atoms with van der Waals surface area (Å²) in [5, 5.41) is 8.61. The van der Waals surface area contributed by atoms with Gasteiger partial charge in [0.15, 0.2) is 0 Å². The van der Waals surface area contributed by atoms with Crippen LogP contribution in [-0.4, -0.2) is 17.5 Å². The molecule has 0 bridgehead atoms. The highest BCUT2D eigenvalue weighted by Crippen LogP contribution is 2.27. The van der Waals surface area contributed by atoms with Crippen molar-refractivity contribution in [3.8, 4) is 0 Å². The molecule has 3 rings (SSSR count). The molecule has 0 radical (unpaired) electrons. The molecule has 148 valence electrons. The van der Waals surface area contributed by atoms with Crippen molar-refractivity contribution in [1.29, 1.82) is 0 Å². The Morgan fingerprint density at radius 1 is 0.893 bits per heavy atom. The Morgan fingerprint density at radius 3 is 2.07 bits per heavy atom. The minimum atomic E-state index is -0.746. The highest BCUT2D eigenvalue weighted by Gasteiger charge is 2.35. The predicted octanol–water partition coefficient (Wildman–Crippen LogP) is 4.17. The second-order valence-corrected chi connectivity index (χ2v) is 7.48. The van der Waals surface area contributed by atoms with Crippen molar-refractivity contribution in [3.63, 3.8) is 0 Å². The second kappa shape index (κ2) is 8.89. The molecule has 2 aromatic rings. The maximum absolute atomic E-state index is 12.6. The standard InChI is InChI=1S/C22H28N4O2/c1-16(24-20(27)22(23)14-6-3-7-15-22)17-10-12-19(13-11-17)26-21(28)25-18-8-4-2-5-9-18/h2,4-5,8-13,16H,3,6-7,14-15,23H2,1H3,(H,24,27)(H2,25,26,28). The molecule has 0 aromatic heterocycles. The summed E-state index contributed by atoms with van der Waals surface area (Å²) < 4.78 is 0. The number of urea groups is 1. The van der Waals surface area contributed by atoms with Crippen molar-refractivity contribution >= 4 is 23.3 Å². The Hall–Kier alpha value is -2.86. The minimum absolute atomic E-state index is 0.0795. The number of amides is 3. The average Bonchev–Trinajstić information content (AvgIpc) is 2.69. The van der Waals surface area contributed by atoms with Gasteiger partial charge < -0.3 is 21.7 Å². The van der Waals surface area contributed by atoms with Gasteiger partial charge in [-0.05, 0) is 49.6 Å². The Labute approximate surface area is 165 Å². The number of rotatable bonds is 5. The largest absolute Gasteiger partial charge is 0.348 e. The van der Waals surface area contributed by atoms with Crippen LogP contribution in [0.3, 0.4) is 0 Å². The van der Waals surface area contributed by atoms with Crippen molar-refractivity contribution < 1.29 is 9.59 Å². The lowest BCUT2D eigenvalue weighted by Crippen LogP contribution is -2.55. The van der Waals surface area contributed by atoms with E-state index in [1.165, 1.54) is 0 Å². The number of nitrogens with one attached hydrogen (secondary N) is 3. The molecule has 1 aliphatic rings. The van der Waals surface area contributed by atoms with E-state index < -0.39 is 5.54 Å². The first-order valence-electron chi connectivity index (χ1n) is 9.79. The third-order valence-electron chi connectivity index (χ3n) is 5.25. The van der Waals surface area contributed by atoms with Gasteiger partial charge in [-0.1, -0.05) is 49.6 Å². The quantitative estimate of drug-likeness (QED) is 0.627. The Balaban J connectivity index is 1.54. The lowest BCUT2D eigenvalue weighted by Gasteiger charge is -2.33. The van der Waals surface area contributed by atoms with E-state index in [1.807, 2.05) is 61.5 Å². The zero-order chi connectivity index (χ0) is 20.0. The van der Waals surface area contributed by atoms with Crippen LogP contribution < -0.4 is 21.7 Å². The van der Waals surface area contributed by atoms with Crippen molar-refractivity contribution in [2.75, 3.05) is 10.6 Å². The van der Waals surface area contributed by atoms with Crippen LogP contribution in [0.1, 0.15) is 50.6 Å². The Morgan fingerprint density at radius 2 is 1.46 bits per heavy atom. The van der Waals surface area contributed by atoms with Crippen LogP contribution in [0.2, 0.25) is 0 Å². The summed E-state index contributed by atoms with van der Waals surface area (Å²) >= 11 is 0. The molecule has 1 fully saturated rings. The lowest BCUT2D eigenvalue weighted by atomic mass is 9.81. The monoisotopic (exact) mass is 380 g/mol. The molecule has 1 atom stereocenters. The first-order valence-corrected chi connectivity index (χ1v) is 9.79. The Bertz CT molecular complexity index is 799. The van der Waals surface area contributed by atoms with Gasteiger partial charge >= 0.3 is 6.03 Å². The maximum atomic E-state index is 12.6. The predicted molar refractivity (Wildman–Crippen MR) is 112 cm³/mol. The van der Waals surface area contributed by atoms with Crippen LogP contribution >= 0.6 is 0 Å². The van der Waals surface area contributed by atoms with Crippen LogP contribution in [0, 0.1) is 0 Å². The first kappa shape index (κ1) is 19.9. The minimum Gasteiger partial charge on any atom is -0.348 e. The van der Waals surface area contributed by atoms with E-state index in [0.29, 0.717) is 5.69 Å². The summed E-state index contributed by atoms with van der Waals surface area (Å²) in [6.07, 6.45) is 4.64. The maximum Gasteiger partial charge on any atom is 0.323 e. The number of para-hydroxylation sites is 1. The topological polar surface area (TPSA) is 96.2 Å². The van der Waals surface area contributed by atoms with E-state index >= 15 is 0 Å². The van der Waals surface area contributed by atoms with Gasteiger partial charge in [0.25, 0.3) is 0 Å². The molecule has 1 unspecified atom stereocenters. The molecule has 3 amide bonds. The first-order chi connectivity index (χ1) is 13.5. The van der Waals surface area contributed by atoms with E-state index in [9.17, 15) is 9.59 Å². The molecule has 28 heavy (non-hydrogen) atoms. The zero-order valence-corrected chi connectivity index (χ0v) is 16.2. The van der Waals surface area contributed by atoms with Crippen molar-refractivity contribution in [1.82, 2.24) is 5.32 Å². The van der Waals surface area contributed by atoms with E-state index in [1.54, 1.807) is 0 Å². The normalized spacial score (nSPS) is 16.6. The molecule has 0 saturated heterocycles. The van der Waals surface area contributed by atoms with Crippen LogP contribution in [0.5, 0.6) is 0 Å². The SMILES string of the molecule is CC(NC(=O)C1(N)CCCCC1)c1ccc(NC(=O)Nc2ccccc2)cc1. The third kappa shape index (κ3) is 5.10.